The van der Waals surface area contributed by atoms with Crippen molar-refractivity contribution in [2.75, 3.05) is 11.9 Å². The SMILES string of the molecule is NC(=O)c1ccccc1NC(=O)COc1ccccc1C=O. The molecule has 0 bridgehead atoms. The summed E-state index contributed by atoms with van der Waals surface area (Å²) >= 11 is 0. The molecule has 3 N–H and O–H groups in total. The van der Waals surface area contributed by atoms with Crippen LogP contribution in [-0.4, -0.2) is 24.7 Å². The number of hydrogen-bond donors (Lipinski definition) is 2. The second kappa shape index (κ2) is 7.03. The van der Waals surface area contributed by atoms with Gasteiger partial charge in [0.2, 0.25) is 0 Å². The van der Waals surface area contributed by atoms with E-state index in [0.29, 0.717) is 23.3 Å². The first kappa shape index (κ1) is 15.2. The van der Waals surface area contributed by atoms with Gasteiger partial charge in [-0.3, -0.25) is 14.4 Å². The summed E-state index contributed by atoms with van der Waals surface area (Å²) in [5.41, 5.74) is 6.11. The molecule has 0 unspecified atom stereocenters. The third-order valence-corrected chi connectivity index (χ3v) is 2.87. The van der Waals surface area contributed by atoms with E-state index in [1.54, 1.807) is 42.5 Å². The summed E-state index contributed by atoms with van der Waals surface area (Å²) in [4.78, 5) is 34.0. The summed E-state index contributed by atoms with van der Waals surface area (Å²) in [6.07, 6.45) is 0.648. The summed E-state index contributed by atoms with van der Waals surface area (Å²) in [5, 5.41) is 2.55. The van der Waals surface area contributed by atoms with E-state index in [0.717, 1.165) is 0 Å². The number of para-hydroxylation sites is 2. The fraction of sp³-hybridized carbons (Fsp3) is 0.0625. The van der Waals surface area contributed by atoms with Crippen LogP contribution in [0.1, 0.15) is 20.7 Å². The third-order valence-electron chi connectivity index (χ3n) is 2.87. The van der Waals surface area contributed by atoms with Crippen molar-refractivity contribution in [2.24, 2.45) is 5.73 Å². The van der Waals surface area contributed by atoms with E-state index in [2.05, 4.69) is 5.32 Å². The molecule has 6 nitrogen and oxygen atoms in total. The maximum atomic E-state index is 11.9. The van der Waals surface area contributed by atoms with E-state index in [1.807, 2.05) is 0 Å². The Labute approximate surface area is 126 Å². The molecule has 0 saturated heterocycles. The topological polar surface area (TPSA) is 98.5 Å². The van der Waals surface area contributed by atoms with Crippen molar-refractivity contribution in [3.05, 3.63) is 59.7 Å². The van der Waals surface area contributed by atoms with Gasteiger partial charge in [0.05, 0.1) is 16.8 Å². The van der Waals surface area contributed by atoms with E-state index in [-0.39, 0.29) is 12.2 Å². The molecule has 0 fully saturated rings. The van der Waals surface area contributed by atoms with Crippen LogP contribution in [0, 0.1) is 0 Å². The van der Waals surface area contributed by atoms with Crippen LogP contribution >= 0.6 is 0 Å². The predicted octanol–water partition coefficient (Wildman–Crippen LogP) is 1.62. The highest BCUT2D eigenvalue weighted by atomic mass is 16.5. The van der Waals surface area contributed by atoms with Crippen LogP contribution in [0.4, 0.5) is 5.69 Å². The molecule has 0 radical (unpaired) electrons. The number of carbonyl (C=O) groups is 3. The number of benzene rings is 2. The van der Waals surface area contributed by atoms with Gasteiger partial charge in [0.1, 0.15) is 5.75 Å². The zero-order valence-electron chi connectivity index (χ0n) is 11.6. The number of ether oxygens (including phenoxy) is 1. The van der Waals surface area contributed by atoms with Crippen molar-refractivity contribution >= 4 is 23.8 Å². The molecule has 22 heavy (non-hydrogen) atoms. The fourth-order valence-corrected chi connectivity index (χ4v) is 1.85. The van der Waals surface area contributed by atoms with E-state index in [9.17, 15) is 14.4 Å². The maximum Gasteiger partial charge on any atom is 0.262 e. The normalized spacial score (nSPS) is 9.82. The lowest BCUT2D eigenvalue weighted by Crippen LogP contribution is -2.23. The number of carbonyl (C=O) groups excluding carboxylic acids is 3. The largest absolute Gasteiger partial charge is 0.483 e. The smallest absolute Gasteiger partial charge is 0.262 e. The molecule has 0 saturated carbocycles. The molecule has 0 aliphatic rings. The lowest BCUT2D eigenvalue weighted by Gasteiger charge is -2.10. The highest BCUT2D eigenvalue weighted by Crippen LogP contribution is 2.16. The van der Waals surface area contributed by atoms with Crippen molar-refractivity contribution in [2.45, 2.75) is 0 Å². The Morgan fingerprint density at radius 3 is 2.50 bits per heavy atom. The Morgan fingerprint density at radius 1 is 1.09 bits per heavy atom. The summed E-state index contributed by atoms with van der Waals surface area (Å²) < 4.78 is 5.30. The van der Waals surface area contributed by atoms with Gasteiger partial charge in [-0.15, -0.1) is 0 Å². The summed E-state index contributed by atoms with van der Waals surface area (Å²) in [5.74, 6) is -0.784. The van der Waals surface area contributed by atoms with Crippen molar-refractivity contribution in [3.8, 4) is 5.75 Å². The molecule has 0 atom stereocenters. The van der Waals surface area contributed by atoms with E-state index >= 15 is 0 Å². The molecular formula is C16H14N2O4. The second-order valence-corrected chi connectivity index (χ2v) is 4.40. The molecule has 2 amide bonds. The summed E-state index contributed by atoms with van der Waals surface area (Å²) in [6, 6.07) is 13.0. The van der Waals surface area contributed by atoms with Gasteiger partial charge in [0.15, 0.2) is 12.9 Å². The summed E-state index contributed by atoms with van der Waals surface area (Å²) in [6.45, 7) is -0.294. The first-order valence-corrected chi connectivity index (χ1v) is 6.47. The van der Waals surface area contributed by atoms with Crippen LogP contribution in [0.5, 0.6) is 5.75 Å². The molecule has 0 aliphatic carbocycles. The molecule has 2 aromatic carbocycles. The van der Waals surface area contributed by atoms with Crippen molar-refractivity contribution in [1.29, 1.82) is 0 Å². The monoisotopic (exact) mass is 298 g/mol. The maximum absolute atomic E-state index is 11.9. The molecule has 2 rings (SSSR count). The van der Waals surface area contributed by atoms with E-state index in [1.165, 1.54) is 6.07 Å². The number of primary amides is 1. The van der Waals surface area contributed by atoms with Crippen LogP contribution < -0.4 is 15.8 Å². The molecule has 2 aromatic rings. The number of anilines is 1. The molecule has 0 spiro atoms. The summed E-state index contributed by atoms with van der Waals surface area (Å²) in [7, 11) is 0. The Morgan fingerprint density at radius 2 is 1.77 bits per heavy atom. The number of aldehydes is 1. The minimum atomic E-state index is -0.636. The third kappa shape index (κ3) is 3.69. The molecule has 0 heterocycles. The minimum absolute atomic E-state index is 0.212. The van der Waals surface area contributed by atoms with Crippen molar-refractivity contribution in [1.82, 2.24) is 0 Å². The predicted molar refractivity (Wildman–Crippen MR) is 80.9 cm³/mol. The molecule has 112 valence electrons. The van der Waals surface area contributed by atoms with Gasteiger partial charge in [-0.05, 0) is 24.3 Å². The number of rotatable bonds is 6. The fourth-order valence-electron chi connectivity index (χ4n) is 1.85. The molecule has 0 aliphatic heterocycles. The van der Waals surface area contributed by atoms with E-state index < -0.39 is 11.8 Å². The number of nitrogens with one attached hydrogen (secondary N) is 1. The average Bonchev–Trinajstić information content (AvgIpc) is 2.53. The first-order chi connectivity index (χ1) is 10.6. The number of hydrogen-bond acceptors (Lipinski definition) is 4. The Kier molecular flexibility index (Phi) is 4.87. The van der Waals surface area contributed by atoms with E-state index in [4.69, 9.17) is 10.5 Å². The van der Waals surface area contributed by atoms with Crippen LogP contribution in [0.2, 0.25) is 0 Å². The highest BCUT2D eigenvalue weighted by molar-refractivity contribution is 6.03. The van der Waals surface area contributed by atoms with Gasteiger partial charge in [-0.1, -0.05) is 24.3 Å². The van der Waals surface area contributed by atoms with Gasteiger partial charge >= 0.3 is 0 Å². The van der Waals surface area contributed by atoms with Gasteiger partial charge < -0.3 is 15.8 Å². The van der Waals surface area contributed by atoms with Gasteiger partial charge in [0.25, 0.3) is 11.8 Å². The molecule has 6 heteroatoms. The Bertz CT molecular complexity index is 713. The number of nitrogens with two attached hydrogens (primary N) is 1. The van der Waals surface area contributed by atoms with Crippen LogP contribution in [0.15, 0.2) is 48.5 Å². The average molecular weight is 298 g/mol. The van der Waals surface area contributed by atoms with Crippen LogP contribution in [0.25, 0.3) is 0 Å². The van der Waals surface area contributed by atoms with Gasteiger partial charge in [-0.25, -0.2) is 0 Å². The van der Waals surface area contributed by atoms with Gasteiger partial charge in [0, 0.05) is 0 Å². The number of amides is 2. The van der Waals surface area contributed by atoms with Crippen molar-refractivity contribution < 1.29 is 19.1 Å². The second-order valence-electron chi connectivity index (χ2n) is 4.40. The highest BCUT2D eigenvalue weighted by Gasteiger charge is 2.11. The first-order valence-electron chi connectivity index (χ1n) is 6.47. The standard InChI is InChI=1S/C16H14N2O4/c17-16(21)12-6-2-3-7-13(12)18-15(20)10-22-14-8-4-1-5-11(14)9-19/h1-9H,10H2,(H2,17,21)(H,18,20). The van der Waals surface area contributed by atoms with Crippen molar-refractivity contribution in [3.63, 3.8) is 0 Å². The zero-order chi connectivity index (χ0) is 15.9. The lowest BCUT2D eigenvalue weighted by atomic mass is 10.1. The quantitative estimate of drug-likeness (QED) is 0.791. The van der Waals surface area contributed by atoms with Gasteiger partial charge in [-0.2, -0.15) is 0 Å². The van der Waals surface area contributed by atoms with Crippen LogP contribution in [-0.2, 0) is 4.79 Å². The van der Waals surface area contributed by atoms with Crippen LogP contribution in [0.3, 0.4) is 0 Å². The minimum Gasteiger partial charge on any atom is -0.483 e. The lowest BCUT2D eigenvalue weighted by molar-refractivity contribution is -0.118. The Hall–Kier alpha value is -3.15. The molecular weight excluding hydrogens is 284 g/mol. The Balaban J connectivity index is 2.02. The zero-order valence-corrected chi connectivity index (χ0v) is 11.6. The molecule has 0 aromatic heterocycles.